The van der Waals surface area contributed by atoms with Gasteiger partial charge in [-0.3, -0.25) is 4.90 Å². The van der Waals surface area contributed by atoms with E-state index in [1.54, 1.807) is 0 Å². The molecule has 1 fully saturated rings. The van der Waals surface area contributed by atoms with Gasteiger partial charge in [0.05, 0.1) is 0 Å². The van der Waals surface area contributed by atoms with E-state index >= 15 is 0 Å². The number of benzene rings is 1. The molecule has 0 aliphatic carbocycles. The molecule has 2 aliphatic rings. The van der Waals surface area contributed by atoms with Crippen molar-refractivity contribution in [1.29, 1.82) is 0 Å². The highest BCUT2D eigenvalue weighted by Gasteiger charge is 2.29. The van der Waals surface area contributed by atoms with Crippen molar-refractivity contribution in [3.8, 4) is 0 Å². The molecule has 2 N–H and O–H groups in total. The van der Waals surface area contributed by atoms with Crippen molar-refractivity contribution >= 4 is 5.69 Å². The van der Waals surface area contributed by atoms with E-state index in [1.165, 1.54) is 49.0 Å². The Hall–Kier alpha value is -1.06. The fraction of sp³-hybridized carbons (Fsp3) is 0.647. The second-order valence-electron chi connectivity index (χ2n) is 6.48. The zero-order chi connectivity index (χ0) is 14.1. The topological polar surface area (TPSA) is 32.5 Å². The van der Waals surface area contributed by atoms with Gasteiger partial charge < -0.3 is 10.6 Å². The molecule has 2 heterocycles. The molecule has 20 heavy (non-hydrogen) atoms. The second kappa shape index (κ2) is 5.74. The Balaban J connectivity index is 1.93. The summed E-state index contributed by atoms with van der Waals surface area (Å²) >= 11 is 0. The summed E-state index contributed by atoms with van der Waals surface area (Å²) in [4.78, 5) is 4.88. The van der Waals surface area contributed by atoms with Crippen molar-refractivity contribution in [2.75, 3.05) is 38.6 Å². The van der Waals surface area contributed by atoms with Gasteiger partial charge in [-0.2, -0.15) is 0 Å². The van der Waals surface area contributed by atoms with E-state index in [1.807, 2.05) is 0 Å². The fourth-order valence-corrected chi connectivity index (χ4v) is 3.97. The predicted molar refractivity (Wildman–Crippen MR) is 85.2 cm³/mol. The first-order chi connectivity index (χ1) is 9.70. The molecular weight excluding hydrogens is 246 g/mol. The summed E-state index contributed by atoms with van der Waals surface area (Å²) in [5.41, 5.74) is 10.5. The summed E-state index contributed by atoms with van der Waals surface area (Å²) in [5, 5.41) is 0. The van der Waals surface area contributed by atoms with Gasteiger partial charge in [0, 0.05) is 25.3 Å². The zero-order valence-corrected chi connectivity index (χ0v) is 12.8. The first kappa shape index (κ1) is 13.9. The Morgan fingerprint density at radius 3 is 2.85 bits per heavy atom. The van der Waals surface area contributed by atoms with Gasteiger partial charge in [0.15, 0.2) is 0 Å². The summed E-state index contributed by atoms with van der Waals surface area (Å²) in [6.07, 6.45) is 5.07. The molecule has 2 aliphatic heterocycles. The standard InChI is InChI=1S/C17H27N3/c1-19-10-8-13-11-14(6-7-16(13)19)17-15(12-18)5-3-4-9-20(17)2/h6-7,11,15,17H,3-5,8-10,12,18H2,1-2H3. The fourth-order valence-electron chi connectivity index (χ4n) is 3.97. The summed E-state index contributed by atoms with van der Waals surface area (Å²) in [7, 11) is 4.45. The van der Waals surface area contributed by atoms with E-state index in [4.69, 9.17) is 5.73 Å². The number of fused-ring (bicyclic) bond motifs is 1. The largest absolute Gasteiger partial charge is 0.374 e. The first-order valence-corrected chi connectivity index (χ1v) is 7.95. The van der Waals surface area contributed by atoms with Crippen molar-refractivity contribution in [2.24, 2.45) is 11.7 Å². The third-order valence-electron chi connectivity index (χ3n) is 5.13. The van der Waals surface area contributed by atoms with Crippen LogP contribution in [0.3, 0.4) is 0 Å². The number of anilines is 1. The number of likely N-dealkylation sites (tertiary alicyclic amines) is 1. The Bertz CT molecular complexity index is 471. The number of rotatable bonds is 2. The maximum Gasteiger partial charge on any atom is 0.0397 e. The van der Waals surface area contributed by atoms with Crippen LogP contribution >= 0.6 is 0 Å². The van der Waals surface area contributed by atoms with Gasteiger partial charge in [-0.1, -0.05) is 18.6 Å². The summed E-state index contributed by atoms with van der Waals surface area (Å²) in [6.45, 7) is 3.14. The Morgan fingerprint density at radius 1 is 1.20 bits per heavy atom. The maximum atomic E-state index is 6.06. The highest BCUT2D eigenvalue weighted by Crippen LogP contribution is 2.36. The van der Waals surface area contributed by atoms with Gasteiger partial charge in [0.25, 0.3) is 0 Å². The molecule has 0 bridgehead atoms. The molecule has 3 heteroatoms. The van der Waals surface area contributed by atoms with E-state index < -0.39 is 0 Å². The lowest BCUT2D eigenvalue weighted by Crippen LogP contribution is -2.33. The predicted octanol–water partition coefficient (Wildman–Crippen LogP) is 2.41. The molecule has 2 atom stereocenters. The van der Waals surface area contributed by atoms with Gasteiger partial charge in [-0.25, -0.2) is 0 Å². The van der Waals surface area contributed by atoms with Crippen molar-refractivity contribution in [1.82, 2.24) is 4.90 Å². The summed E-state index contributed by atoms with van der Waals surface area (Å²) in [6, 6.07) is 7.58. The average Bonchev–Trinajstić information content (AvgIpc) is 2.71. The molecule has 3 nitrogen and oxygen atoms in total. The molecule has 3 rings (SSSR count). The van der Waals surface area contributed by atoms with E-state index in [0.29, 0.717) is 12.0 Å². The lowest BCUT2D eigenvalue weighted by molar-refractivity contribution is 0.196. The van der Waals surface area contributed by atoms with Crippen LogP contribution < -0.4 is 10.6 Å². The third-order valence-corrected chi connectivity index (χ3v) is 5.13. The Kier molecular flexibility index (Phi) is 3.99. The van der Waals surface area contributed by atoms with Crippen molar-refractivity contribution in [3.05, 3.63) is 29.3 Å². The number of hydrogen-bond acceptors (Lipinski definition) is 3. The quantitative estimate of drug-likeness (QED) is 0.898. The summed E-state index contributed by atoms with van der Waals surface area (Å²) < 4.78 is 0. The van der Waals surface area contributed by atoms with Gasteiger partial charge in [0.2, 0.25) is 0 Å². The van der Waals surface area contributed by atoms with Crippen LogP contribution in [0.15, 0.2) is 18.2 Å². The minimum absolute atomic E-state index is 0.499. The molecule has 2 unspecified atom stereocenters. The monoisotopic (exact) mass is 273 g/mol. The van der Waals surface area contributed by atoms with Crippen LogP contribution in [0.2, 0.25) is 0 Å². The molecule has 1 saturated heterocycles. The van der Waals surface area contributed by atoms with Crippen molar-refractivity contribution in [3.63, 3.8) is 0 Å². The molecule has 110 valence electrons. The number of nitrogens with two attached hydrogens (primary N) is 1. The minimum atomic E-state index is 0.499. The molecule has 0 amide bonds. The van der Waals surface area contributed by atoms with Crippen LogP contribution in [0.1, 0.15) is 36.4 Å². The number of hydrogen-bond donors (Lipinski definition) is 1. The van der Waals surface area contributed by atoms with Crippen LogP contribution in [0.4, 0.5) is 5.69 Å². The normalized spacial score (nSPS) is 27.4. The zero-order valence-electron chi connectivity index (χ0n) is 12.8. The summed E-state index contributed by atoms with van der Waals surface area (Å²) in [5.74, 6) is 0.597. The van der Waals surface area contributed by atoms with Crippen LogP contribution in [0, 0.1) is 5.92 Å². The van der Waals surface area contributed by atoms with Crippen molar-refractivity contribution in [2.45, 2.75) is 31.7 Å². The van der Waals surface area contributed by atoms with Gasteiger partial charge in [-0.05, 0) is 62.5 Å². The Morgan fingerprint density at radius 2 is 2.05 bits per heavy atom. The van der Waals surface area contributed by atoms with Crippen LogP contribution in [0.5, 0.6) is 0 Å². The van der Waals surface area contributed by atoms with E-state index in [0.717, 1.165) is 13.1 Å². The highest BCUT2D eigenvalue weighted by atomic mass is 15.1. The smallest absolute Gasteiger partial charge is 0.0397 e. The molecule has 0 aromatic heterocycles. The van der Waals surface area contributed by atoms with E-state index in [2.05, 4.69) is 42.1 Å². The first-order valence-electron chi connectivity index (χ1n) is 7.95. The number of likely N-dealkylation sites (N-methyl/N-ethyl adjacent to an activating group) is 1. The highest BCUT2D eigenvalue weighted by molar-refractivity contribution is 5.58. The second-order valence-corrected chi connectivity index (χ2v) is 6.48. The van der Waals surface area contributed by atoms with E-state index in [9.17, 15) is 0 Å². The van der Waals surface area contributed by atoms with Gasteiger partial charge in [-0.15, -0.1) is 0 Å². The molecule has 0 saturated carbocycles. The van der Waals surface area contributed by atoms with Crippen LogP contribution in [0.25, 0.3) is 0 Å². The minimum Gasteiger partial charge on any atom is -0.374 e. The van der Waals surface area contributed by atoms with Crippen molar-refractivity contribution < 1.29 is 0 Å². The van der Waals surface area contributed by atoms with E-state index in [-0.39, 0.29) is 0 Å². The van der Waals surface area contributed by atoms with Gasteiger partial charge >= 0.3 is 0 Å². The molecule has 0 radical (unpaired) electrons. The third kappa shape index (κ3) is 2.45. The SMILES string of the molecule is CN1CCc2cc(C3C(CN)CCCCN3C)ccc21. The molecule has 1 aromatic carbocycles. The lowest BCUT2D eigenvalue weighted by atomic mass is 9.88. The molecule has 0 spiro atoms. The van der Waals surface area contributed by atoms with Crippen LogP contribution in [-0.4, -0.2) is 38.6 Å². The molecule has 1 aromatic rings. The van der Waals surface area contributed by atoms with Crippen LogP contribution in [-0.2, 0) is 6.42 Å². The maximum absolute atomic E-state index is 6.06. The average molecular weight is 273 g/mol. The van der Waals surface area contributed by atoms with Gasteiger partial charge in [0.1, 0.15) is 0 Å². The lowest BCUT2D eigenvalue weighted by Gasteiger charge is -2.32. The molecular formula is C17H27N3. The Labute approximate surface area is 122 Å². The number of nitrogens with zero attached hydrogens (tertiary/aromatic N) is 2.